The van der Waals surface area contributed by atoms with E-state index in [1.54, 1.807) is 37.5 Å². The highest BCUT2D eigenvalue weighted by Crippen LogP contribution is 2.20. The molecule has 0 bridgehead atoms. The van der Waals surface area contributed by atoms with Crippen molar-refractivity contribution in [3.63, 3.8) is 0 Å². The van der Waals surface area contributed by atoms with Gasteiger partial charge in [-0.25, -0.2) is 4.79 Å². The van der Waals surface area contributed by atoms with Crippen LogP contribution in [0.4, 0.5) is 0 Å². The van der Waals surface area contributed by atoms with Gasteiger partial charge in [-0.05, 0) is 29.3 Å². The second-order valence-corrected chi connectivity index (χ2v) is 8.45. The van der Waals surface area contributed by atoms with Crippen molar-refractivity contribution in [3.8, 4) is 0 Å². The molecule has 7 nitrogen and oxygen atoms in total. The molecule has 2 atom stereocenters. The molecular formula is C28H27N3O4. The van der Waals surface area contributed by atoms with Gasteiger partial charge in [-0.2, -0.15) is 0 Å². The summed E-state index contributed by atoms with van der Waals surface area (Å²) in [5, 5.41) is 13.5. The van der Waals surface area contributed by atoms with Gasteiger partial charge in [0, 0.05) is 42.6 Å². The molecule has 35 heavy (non-hydrogen) atoms. The number of carbonyl (C=O) groups excluding carboxylic acids is 2. The average Bonchev–Trinajstić information content (AvgIpc) is 3.30. The van der Waals surface area contributed by atoms with Crippen LogP contribution in [0.2, 0.25) is 0 Å². The molecule has 0 unspecified atom stereocenters. The van der Waals surface area contributed by atoms with E-state index in [2.05, 4.69) is 10.3 Å². The number of para-hydroxylation sites is 1. The number of nitrogens with zero attached hydrogens (tertiary/aromatic N) is 1. The lowest BCUT2D eigenvalue weighted by Gasteiger charge is -2.29. The Morgan fingerprint density at radius 1 is 0.886 bits per heavy atom. The Labute approximate surface area is 203 Å². The maximum absolute atomic E-state index is 13.5. The number of aromatic amines is 1. The highest BCUT2D eigenvalue weighted by atomic mass is 16.4. The summed E-state index contributed by atoms with van der Waals surface area (Å²) in [6.07, 6.45) is 2.12. The van der Waals surface area contributed by atoms with Crippen LogP contribution in [0.25, 0.3) is 10.9 Å². The maximum atomic E-state index is 13.5. The van der Waals surface area contributed by atoms with Crippen molar-refractivity contribution in [1.82, 2.24) is 15.2 Å². The molecule has 1 heterocycles. The smallest absolute Gasteiger partial charge is 0.326 e. The first-order chi connectivity index (χ1) is 16.9. The number of benzene rings is 3. The van der Waals surface area contributed by atoms with Crippen molar-refractivity contribution < 1.29 is 19.5 Å². The number of aromatic nitrogens is 1. The van der Waals surface area contributed by atoms with Crippen LogP contribution in [-0.4, -0.2) is 51.9 Å². The van der Waals surface area contributed by atoms with Crippen LogP contribution in [0.1, 0.15) is 21.5 Å². The zero-order valence-electron chi connectivity index (χ0n) is 19.3. The maximum Gasteiger partial charge on any atom is 0.326 e. The van der Waals surface area contributed by atoms with E-state index < -0.39 is 24.0 Å². The van der Waals surface area contributed by atoms with Gasteiger partial charge in [0.05, 0.1) is 0 Å². The highest BCUT2D eigenvalue weighted by Gasteiger charge is 2.31. The highest BCUT2D eigenvalue weighted by molar-refractivity contribution is 5.98. The molecule has 4 aromatic rings. The van der Waals surface area contributed by atoms with E-state index >= 15 is 0 Å². The first kappa shape index (κ1) is 23.8. The van der Waals surface area contributed by atoms with Crippen LogP contribution in [0, 0.1) is 0 Å². The first-order valence-electron chi connectivity index (χ1n) is 11.4. The average molecular weight is 470 g/mol. The molecule has 0 saturated carbocycles. The monoisotopic (exact) mass is 469 g/mol. The number of aliphatic carboxylic acids is 1. The van der Waals surface area contributed by atoms with E-state index in [0.717, 1.165) is 22.0 Å². The standard InChI is InChI=1S/C28H27N3O4/c1-31(27(33)20-12-6-3-7-13-20)25(16-19-10-4-2-5-11-19)26(32)30-24(28(34)35)17-21-18-29-23-15-9-8-14-22(21)23/h2-15,18,24-25,29H,16-17H2,1H3,(H,30,32)(H,34,35)/t24-,25+/m0/s1. The number of carboxylic acid groups (broad SMARTS) is 1. The molecule has 1 aromatic heterocycles. The van der Waals surface area contributed by atoms with Gasteiger partial charge < -0.3 is 20.3 Å². The van der Waals surface area contributed by atoms with Gasteiger partial charge in [0.1, 0.15) is 12.1 Å². The molecule has 0 fully saturated rings. The Balaban J connectivity index is 1.58. The largest absolute Gasteiger partial charge is 0.480 e. The number of carbonyl (C=O) groups is 3. The molecule has 0 aliphatic rings. The quantitative estimate of drug-likeness (QED) is 0.348. The molecule has 7 heteroatoms. The lowest BCUT2D eigenvalue weighted by molar-refractivity contribution is -0.142. The summed E-state index contributed by atoms with van der Waals surface area (Å²) >= 11 is 0. The zero-order valence-corrected chi connectivity index (χ0v) is 19.3. The minimum absolute atomic E-state index is 0.111. The van der Waals surface area contributed by atoms with E-state index in [4.69, 9.17) is 0 Å². The molecule has 0 radical (unpaired) electrons. The van der Waals surface area contributed by atoms with Crippen LogP contribution in [0.3, 0.4) is 0 Å². The lowest BCUT2D eigenvalue weighted by atomic mass is 10.0. The summed E-state index contributed by atoms with van der Waals surface area (Å²) in [4.78, 5) is 43.2. The topological polar surface area (TPSA) is 103 Å². The molecule has 0 aliphatic carbocycles. The normalized spacial score (nSPS) is 12.6. The summed E-state index contributed by atoms with van der Waals surface area (Å²) in [6.45, 7) is 0. The van der Waals surface area contributed by atoms with Crippen molar-refractivity contribution in [2.75, 3.05) is 7.05 Å². The number of fused-ring (bicyclic) bond motifs is 1. The number of H-pyrrole nitrogens is 1. The number of nitrogens with one attached hydrogen (secondary N) is 2. The van der Waals surface area contributed by atoms with Crippen LogP contribution in [0.15, 0.2) is 91.1 Å². The van der Waals surface area contributed by atoms with Gasteiger partial charge in [-0.1, -0.05) is 66.7 Å². The van der Waals surface area contributed by atoms with Gasteiger partial charge in [0.15, 0.2) is 0 Å². The third-order valence-corrected chi connectivity index (χ3v) is 6.10. The molecule has 3 N–H and O–H groups in total. The molecule has 3 aromatic carbocycles. The van der Waals surface area contributed by atoms with Crippen molar-refractivity contribution in [2.24, 2.45) is 0 Å². The minimum atomic E-state index is -1.15. The predicted molar refractivity (Wildman–Crippen MR) is 134 cm³/mol. The molecule has 0 aliphatic heterocycles. The second kappa shape index (κ2) is 10.7. The van der Waals surface area contributed by atoms with E-state index in [-0.39, 0.29) is 18.7 Å². The Bertz CT molecular complexity index is 1320. The first-order valence-corrected chi connectivity index (χ1v) is 11.4. The Kier molecular flexibility index (Phi) is 7.26. The summed E-state index contributed by atoms with van der Waals surface area (Å²) in [5.74, 6) is -1.97. The van der Waals surface area contributed by atoms with Crippen LogP contribution in [-0.2, 0) is 22.4 Å². The number of rotatable bonds is 9. The SMILES string of the molecule is CN(C(=O)c1ccccc1)[C@H](Cc1ccccc1)C(=O)N[C@@H](Cc1c[nH]c2ccccc12)C(=O)O. The zero-order chi connectivity index (χ0) is 24.8. The van der Waals surface area contributed by atoms with Gasteiger partial charge in [-0.15, -0.1) is 0 Å². The Morgan fingerprint density at radius 3 is 2.20 bits per heavy atom. The molecule has 0 saturated heterocycles. The third kappa shape index (κ3) is 5.58. The molecular weight excluding hydrogens is 442 g/mol. The van der Waals surface area contributed by atoms with Gasteiger partial charge >= 0.3 is 5.97 Å². The van der Waals surface area contributed by atoms with Crippen molar-refractivity contribution in [2.45, 2.75) is 24.9 Å². The van der Waals surface area contributed by atoms with Crippen LogP contribution < -0.4 is 5.32 Å². The van der Waals surface area contributed by atoms with E-state index in [0.29, 0.717) is 5.56 Å². The van der Waals surface area contributed by atoms with E-state index in [1.807, 2.05) is 60.7 Å². The molecule has 2 amide bonds. The van der Waals surface area contributed by atoms with E-state index in [9.17, 15) is 19.5 Å². The predicted octanol–water partition coefficient (Wildman–Crippen LogP) is 3.66. The van der Waals surface area contributed by atoms with Crippen LogP contribution >= 0.6 is 0 Å². The van der Waals surface area contributed by atoms with Crippen molar-refractivity contribution in [3.05, 3.63) is 108 Å². The third-order valence-electron chi connectivity index (χ3n) is 6.10. The number of likely N-dealkylation sites (N-methyl/N-ethyl adjacent to an activating group) is 1. The lowest BCUT2D eigenvalue weighted by Crippen LogP contribution is -2.53. The summed E-state index contributed by atoms with van der Waals surface area (Å²) in [5.41, 5.74) is 3.01. The fourth-order valence-corrected chi connectivity index (χ4v) is 4.16. The molecule has 4 rings (SSSR count). The summed E-state index contributed by atoms with van der Waals surface area (Å²) < 4.78 is 0. The Hall–Kier alpha value is -4.39. The van der Waals surface area contributed by atoms with Gasteiger partial charge in [0.2, 0.25) is 5.91 Å². The number of hydrogen-bond acceptors (Lipinski definition) is 3. The summed E-state index contributed by atoms with van der Waals surface area (Å²) in [7, 11) is 1.57. The van der Waals surface area contributed by atoms with Crippen molar-refractivity contribution in [1.29, 1.82) is 0 Å². The minimum Gasteiger partial charge on any atom is -0.480 e. The second-order valence-electron chi connectivity index (χ2n) is 8.45. The fraction of sp³-hybridized carbons (Fsp3) is 0.179. The molecule has 178 valence electrons. The van der Waals surface area contributed by atoms with Crippen LogP contribution in [0.5, 0.6) is 0 Å². The Morgan fingerprint density at radius 2 is 1.51 bits per heavy atom. The van der Waals surface area contributed by atoms with Crippen molar-refractivity contribution >= 4 is 28.7 Å². The summed E-state index contributed by atoms with van der Waals surface area (Å²) in [6, 6.07) is 23.6. The van der Waals surface area contributed by atoms with E-state index in [1.165, 1.54) is 4.90 Å². The number of amides is 2. The van der Waals surface area contributed by atoms with Gasteiger partial charge in [0.25, 0.3) is 5.91 Å². The molecule has 0 spiro atoms. The number of hydrogen-bond donors (Lipinski definition) is 3. The number of carboxylic acids is 1. The van der Waals surface area contributed by atoms with Gasteiger partial charge in [-0.3, -0.25) is 9.59 Å². The fourth-order valence-electron chi connectivity index (χ4n) is 4.16.